The predicted molar refractivity (Wildman–Crippen MR) is 90.7 cm³/mol. The van der Waals surface area contributed by atoms with Crippen LogP contribution in [0.4, 0.5) is 14.5 Å². The average Bonchev–Trinajstić information content (AvgIpc) is 3.08. The average molecular weight is 333 g/mol. The summed E-state index contributed by atoms with van der Waals surface area (Å²) in [4.78, 5) is 5.06. The number of H-pyrrole nitrogens is 1. The summed E-state index contributed by atoms with van der Waals surface area (Å²) in [5.74, 6) is 0. The number of hydrogen-bond acceptors (Lipinski definition) is 1. The van der Waals surface area contributed by atoms with E-state index in [0.717, 1.165) is 27.8 Å². The van der Waals surface area contributed by atoms with Crippen molar-refractivity contribution in [3.05, 3.63) is 53.6 Å². The summed E-state index contributed by atoms with van der Waals surface area (Å²) in [7, 11) is 0. The number of nitrogens with one attached hydrogen (secondary N) is 1. The van der Waals surface area contributed by atoms with Gasteiger partial charge in [0.25, 0.3) is 0 Å². The van der Waals surface area contributed by atoms with Gasteiger partial charge in [0.05, 0.1) is 23.8 Å². The summed E-state index contributed by atoms with van der Waals surface area (Å²) in [5, 5.41) is 1.56. The number of aromatic nitrogens is 1. The first-order valence-electron chi connectivity index (χ1n) is 7.54. The van der Waals surface area contributed by atoms with Crippen LogP contribution in [0, 0.1) is 0 Å². The molecule has 2 heterocycles. The number of anilines is 1. The fraction of sp³-hybridized carbons (Fsp3) is 0.222. The molecule has 0 unspecified atom stereocenters. The van der Waals surface area contributed by atoms with Crippen molar-refractivity contribution in [1.29, 1.82) is 0 Å². The Bertz CT molecular complexity index is 851. The third-order valence-corrected chi connectivity index (χ3v) is 4.73. The van der Waals surface area contributed by atoms with Crippen LogP contribution < -0.4 is 4.90 Å². The number of fused-ring (bicyclic) bond motifs is 1. The van der Waals surface area contributed by atoms with E-state index in [-0.39, 0.29) is 13.1 Å². The third-order valence-electron chi connectivity index (χ3n) is 4.34. The van der Waals surface area contributed by atoms with Gasteiger partial charge in [-0.05, 0) is 12.1 Å². The number of benzene rings is 2. The lowest BCUT2D eigenvalue weighted by Crippen LogP contribution is -2.21. The van der Waals surface area contributed by atoms with Crippen molar-refractivity contribution in [2.45, 2.75) is 12.3 Å². The molecule has 5 heteroatoms. The number of alkyl halides is 2. The largest absolute Gasteiger partial charge is 0.365 e. The van der Waals surface area contributed by atoms with Crippen molar-refractivity contribution >= 4 is 28.2 Å². The van der Waals surface area contributed by atoms with Crippen LogP contribution in [0.5, 0.6) is 0 Å². The van der Waals surface area contributed by atoms with E-state index < -0.39 is 12.3 Å². The topological polar surface area (TPSA) is 19.0 Å². The molecule has 0 spiro atoms. The molecule has 1 aromatic heterocycles. The zero-order valence-corrected chi connectivity index (χ0v) is 13.0. The molecule has 4 rings (SSSR count). The van der Waals surface area contributed by atoms with Gasteiger partial charge < -0.3 is 9.88 Å². The first-order valence-corrected chi connectivity index (χ1v) is 7.91. The Balaban J connectivity index is 1.84. The van der Waals surface area contributed by atoms with E-state index >= 15 is 0 Å². The highest BCUT2D eigenvalue weighted by Crippen LogP contribution is 2.40. The van der Waals surface area contributed by atoms with Gasteiger partial charge in [-0.1, -0.05) is 48.0 Å². The molecule has 1 aliphatic heterocycles. The summed E-state index contributed by atoms with van der Waals surface area (Å²) in [6, 6.07) is 15.3. The second-order valence-electron chi connectivity index (χ2n) is 5.81. The van der Waals surface area contributed by atoms with E-state index in [1.165, 1.54) is 0 Å². The summed E-state index contributed by atoms with van der Waals surface area (Å²) in [6.45, 7) is 0.131. The normalized spacial score (nSPS) is 21.3. The Morgan fingerprint density at radius 2 is 1.61 bits per heavy atom. The minimum Gasteiger partial charge on any atom is -0.365 e. The van der Waals surface area contributed by atoms with Gasteiger partial charge in [0, 0.05) is 22.2 Å². The molecule has 2 aromatic carbocycles. The van der Waals surface area contributed by atoms with Crippen LogP contribution >= 0.6 is 11.6 Å². The van der Waals surface area contributed by atoms with Gasteiger partial charge in [-0.3, -0.25) is 0 Å². The van der Waals surface area contributed by atoms with Crippen LogP contribution in [-0.4, -0.2) is 30.4 Å². The van der Waals surface area contributed by atoms with E-state index in [2.05, 4.69) is 4.98 Å². The quantitative estimate of drug-likeness (QED) is 0.701. The molecule has 1 aliphatic rings. The van der Waals surface area contributed by atoms with Crippen molar-refractivity contribution in [2.24, 2.45) is 0 Å². The van der Waals surface area contributed by atoms with Crippen molar-refractivity contribution in [2.75, 3.05) is 18.0 Å². The Kier molecular flexibility index (Phi) is 3.49. The van der Waals surface area contributed by atoms with Crippen LogP contribution in [0.3, 0.4) is 0 Å². The summed E-state index contributed by atoms with van der Waals surface area (Å²) >= 11 is 6.53. The van der Waals surface area contributed by atoms with Crippen molar-refractivity contribution in [1.82, 2.24) is 4.98 Å². The van der Waals surface area contributed by atoms with E-state index in [1.54, 1.807) is 4.90 Å². The monoisotopic (exact) mass is 332 g/mol. The molecule has 1 saturated heterocycles. The predicted octanol–water partition coefficient (Wildman–Crippen LogP) is 4.98. The van der Waals surface area contributed by atoms with Gasteiger partial charge >= 0.3 is 0 Å². The first-order chi connectivity index (χ1) is 11.1. The lowest BCUT2D eigenvalue weighted by atomic mass is 10.1. The van der Waals surface area contributed by atoms with Crippen LogP contribution in [0.1, 0.15) is 0 Å². The van der Waals surface area contributed by atoms with Crippen LogP contribution in [0.15, 0.2) is 48.5 Å². The zero-order valence-electron chi connectivity index (χ0n) is 12.3. The van der Waals surface area contributed by atoms with Crippen LogP contribution in [0.25, 0.3) is 22.2 Å². The van der Waals surface area contributed by atoms with Crippen molar-refractivity contribution in [3.8, 4) is 11.3 Å². The molecule has 0 aliphatic carbocycles. The van der Waals surface area contributed by atoms with Crippen molar-refractivity contribution in [3.63, 3.8) is 0 Å². The molecule has 23 heavy (non-hydrogen) atoms. The molecule has 118 valence electrons. The lowest BCUT2D eigenvalue weighted by Gasteiger charge is -2.20. The van der Waals surface area contributed by atoms with Gasteiger partial charge in [-0.15, -0.1) is 0 Å². The SMILES string of the molecule is F[C@H]1CN(c2ccccc2-c2[nH]c3ccccc3c2Cl)C[C@@H]1F. The molecular weight excluding hydrogens is 318 g/mol. The number of para-hydroxylation sites is 2. The maximum absolute atomic E-state index is 13.6. The first kappa shape index (κ1) is 14.5. The highest BCUT2D eigenvalue weighted by molar-refractivity contribution is 6.38. The molecule has 1 fully saturated rings. The molecule has 2 atom stereocenters. The molecule has 0 radical (unpaired) electrons. The molecular formula is C18H15ClF2N2. The Morgan fingerprint density at radius 1 is 0.957 bits per heavy atom. The molecule has 0 amide bonds. The van der Waals surface area contributed by atoms with Gasteiger partial charge in [0.2, 0.25) is 0 Å². The summed E-state index contributed by atoms with van der Waals surface area (Å²) in [6.07, 6.45) is -2.89. The number of aromatic amines is 1. The smallest absolute Gasteiger partial charge is 0.150 e. The van der Waals surface area contributed by atoms with Gasteiger partial charge in [0.1, 0.15) is 0 Å². The van der Waals surface area contributed by atoms with Gasteiger partial charge in [-0.2, -0.15) is 0 Å². The maximum Gasteiger partial charge on any atom is 0.150 e. The van der Waals surface area contributed by atoms with Crippen molar-refractivity contribution < 1.29 is 8.78 Å². The molecule has 2 nitrogen and oxygen atoms in total. The standard InChI is InChI=1S/C18H15ClF2N2/c19-17-11-5-1-3-7-15(11)22-18(17)12-6-2-4-8-16(12)23-9-13(20)14(21)10-23/h1-8,13-14,22H,9-10H2/t13-,14-/m0/s1. The molecule has 1 N–H and O–H groups in total. The minimum atomic E-state index is -1.44. The number of nitrogens with zero attached hydrogens (tertiary/aromatic N) is 1. The number of hydrogen-bond donors (Lipinski definition) is 1. The number of rotatable bonds is 2. The van der Waals surface area contributed by atoms with Gasteiger partial charge in [0.15, 0.2) is 12.3 Å². The lowest BCUT2D eigenvalue weighted by molar-refractivity contribution is 0.217. The summed E-state index contributed by atoms with van der Waals surface area (Å²) in [5.41, 5.74) is 3.37. The second-order valence-corrected chi connectivity index (χ2v) is 6.19. The Labute approximate surface area is 137 Å². The van der Waals surface area contributed by atoms with Gasteiger partial charge in [-0.25, -0.2) is 8.78 Å². The Morgan fingerprint density at radius 3 is 2.35 bits per heavy atom. The second kappa shape index (κ2) is 5.53. The van der Waals surface area contributed by atoms with E-state index in [9.17, 15) is 8.78 Å². The van der Waals surface area contributed by atoms with Crippen LogP contribution in [0.2, 0.25) is 5.02 Å². The fourth-order valence-electron chi connectivity index (χ4n) is 3.18. The fourth-order valence-corrected chi connectivity index (χ4v) is 3.49. The molecule has 3 aromatic rings. The molecule has 0 saturated carbocycles. The Hall–Kier alpha value is -2.07. The zero-order chi connectivity index (χ0) is 16.0. The molecule has 0 bridgehead atoms. The highest BCUT2D eigenvalue weighted by Gasteiger charge is 2.34. The van der Waals surface area contributed by atoms with E-state index in [4.69, 9.17) is 11.6 Å². The number of halogens is 3. The van der Waals surface area contributed by atoms with Crippen LogP contribution in [-0.2, 0) is 0 Å². The maximum atomic E-state index is 13.6. The highest BCUT2D eigenvalue weighted by atomic mass is 35.5. The minimum absolute atomic E-state index is 0.0655. The van der Waals surface area contributed by atoms with E-state index in [0.29, 0.717) is 5.02 Å². The summed E-state index contributed by atoms with van der Waals surface area (Å²) < 4.78 is 27.2. The van der Waals surface area contributed by atoms with E-state index in [1.807, 2.05) is 48.5 Å². The third kappa shape index (κ3) is 2.38.